The molecule has 7 heteroatoms. The molecule has 2 fully saturated rings. The number of carbonyl (C=O) groups is 1. The summed E-state index contributed by atoms with van der Waals surface area (Å²) in [7, 11) is 0. The Morgan fingerprint density at radius 1 is 1.29 bits per heavy atom. The normalized spacial score (nSPS) is 20.3. The summed E-state index contributed by atoms with van der Waals surface area (Å²) in [5.41, 5.74) is 3.28. The number of hydrogen-bond donors (Lipinski definition) is 2. The largest absolute Gasteiger partial charge is 0.379 e. The second kappa shape index (κ2) is 8.84. The number of rotatable bonds is 6. The molecule has 4 rings (SSSR count). The van der Waals surface area contributed by atoms with Crippen LogP contribution < -0.4 is 5.32 Å². The number of nitrogens with one attached hydrogen (secondary N) is 2. The fraction of sp³-hybridized carbons (Fsp3) is 0.619. The second-order valence-corrected chi connectivity index (χ2v) is 8.98. The van der Waals surface area contributed by atoms with Crippen molar-refractivity contribution in [2.75, 3.05) is 38.6 Å². The first-order chi connectivity index (χ1) is 13.6. The van der Waals surface area contributed by atoms with Crippen LogP contribution in [0.5, 0.6) is 0 Å². The third-order valence-electron chi connectivity index (χ3n) is 6.04. The molecule has 0 bridgehead atoms. The summed E-state index contributed by atoms with van der Waals surface area (Å²) in [6, 6.07) is 6.15. The molecule has 2 aliphatic rings. The highest BCUT2D eigenvalue weighted by atomic mass is 32.2. The van der Waals surface area contributed by atoms with Crippen LogP contribution in [-0.4, -0.2) is 64.9 Å². The van der Waals surface area contributed by atoms with Crippen LogP contribution in [0.1, 0.15) is 37.7 Å². The molecule has 0 spiro atoms. The number of thioether (sulfide) groups is 1. The number of imidazole rings is 1. The number of carbonyl (C=O) groups excluding carboxylic acids is 1. The minimum atomic E-state index is 0.0832. The standard InChI is InChI=1S/C21H30N4O2S/c1-16-5-6-17-18(13-16)24-20(23-17)28-14-19(26)22-15-21(7-3-2-4-8-21)25-9-11-27-12-10-25/h5-6,13H,2-4,7-12,14-15H2,1H3,(H,22,26)(H,23,24). The minimum absolute atomic E-state index is 0.0832. The van der Waals surface area contributed by atoms with Crippen molar-refractivity contribution in [2.45, 2.75) is 49.7 Å². The van der Waals surface area contributed by atoms with Gasteiger partial charge >= 0.3 is 0 Å². The van der Waals surface area contributed by atoms with Crippen LogP contribution in [0.3, 0.4) is 0 Å². The molecule has 1 aromatic carbocycles. The van der Waals surface area contributed by atoms with Crippen molar-refractivity contribution >= 4 is 28.7 Å². The number of H-pyrrole nitrogens is 1. The third kappa shape index (κ3) is 4.53. The molecule has 1 saturated heterocycles. The number of aromatic amines is 1. The fourth-order valence-corrected chi connectivity index (χ4v) is 5.18. The first-order valence-electron chi connectivity index (χ1n) is 10.3. The van der Waals surface area contributed by atoms with Crippen molar-refractivity contribution < 1.29 is 9.53 Å². The summed E-state index contributed by atoms with van der Waals surface area (Å²) < 4.78 is 5.54. The molecule has 28 heavy (non-hydrogen) atoms. The molecule has 6 nitrogen and oxygen atoms in total. The smallest absolute Gasteiger partial charge is 0.230 e. The lowest BCUT2D eigenvalue weighted by Gasteiger charge is -2.48. The zero-order valence-electron chi connectivity index (χ0n) is 16.6. The van der Waals surface area contributed by atoms with Gasteiger partial charge in [-0.3, -0.25) is 9.69 Å². The van der Waals surface area contributed by atoms with Gasteiger partial charge in [-0.1, -0.05) is 37.1 Å². The van der Waals surface area contributed by atoms with E-state index < -0.39 is 0 Å². The summed E-state index contributed by atoms with van der Waals surface area (Å²) in [6.45, 7) is 6.36. The van der Waals surface area contributed by atoms with Crippen molar-refractivity contribution in [3.05, 3.63) is 23.8 Å². The van der Waals surface area contributed by atoms with Crippen LogP contribution in [0.2, 0.25) is 0 Å². The Morgan fingerprint density at radius 2 is 2.07 bits per heavy atom. The number of hydrogen-bond acceptors (Lipinski definition) is 5. The predicted octanol–water partition coefficient (Wildman–Crippen LogP) is 3.11. The quantitative estimate of drug-likeness (QED) is 0.727. The number of amides is 1. The van der Waals surface area contributed by atoms with E-state index in [9.17, 15) is 4.79 Å². The van der Waals surface area contributed by atoms with Crippen LogP contribution in [-0.2, 0) is 9.53 Å². The van der Waals surface area contributed by atoms with Crippen molar-refractivity contribution in [1.82, 2.24) is 20.2 Å². The van der Waals surface area contributed by atoms with Crippen LogP contribution in [0.25, 0.3) is 11.0 Å². The minimum Gasteiger partial charge on any atom is -0.379 e. The van der Waals surface area contributed by atoms with E-state index in [4.69, 9.17) is 4.74 Å². The summed E-state index contributed by atoms with van der Waals surface area (Å²) in [6.07, 6.45) is 6.15. The monoisotopic (exact) mass is 402 g/mol. The Labute approximate surface area is 170 Å². The molecule has 2 aromatic rings. The van der Waals surface area contributed by atoms with Crippen LogP contribution in [0, 0.1) is 6.92 Å². The summed E-state index contributed by atoms with van der Waals surface area (Å²) in [5.74, 6) is 0.470. The van der Waals surface area contributed by atoms with E-state index in [2.05, 4.69) is 39.2 Å². The summed E-state index contributed by atoms with van der Waals surface area (Å²) in [4.78, 5) is 23.0. The van der Waals surface area contributed by atoms with Gasteiger partial charge in [0.05, 0.1) is 30.0 Å². The Balaban J connectivity index is 1.32. The van der Waals surface area contributed by atoms with Gasteiger partial charge in [-0.15, -0.1) is 0 Å². The highest BCUT2D eigenvalue weighted by molar-refractivity contribution is 7.99. The Kier molecular flexibility index (Phi) is 6.23. The number of benzene rings is 1. The van der Waals surface area contributed by atoms with Gasteiger partial charge in [-0.2, -0.15) is 0 Å². The van der Waals surface area contributed by atoms with Crippen molar-refractivity contribution in [3.63, 3.8) is 0 Å². The molecule has 1 saturated carbocycles. The predicted molar refractivity (Wildman–Crippen MR) is 113 cm³/mol. The van der Waals surface area contributed by atoms with Gasteiger partial charge in [0, 0.05) is 25.2 Å². The van der Waals surface area contributed by atoms with E-state index in [0.717, 1.165) is 49.0 Å². The van der Waals surface area contributed by atoms with Gasteiger partial charge in [0.2, 0.25) is 5.91 Å². The highest BCUT2D eigenvalue weighted by Crippen LogP contribution is 2.34. The highest BCUT2D eigenvalue weighted by Gasteiger charge is 2.38. The van der Waals surface area contributed by atoms with E-state index in [1.165, 1.54) is 49.4 Å². The Bertz CT molecular complexity index is 810. The molecule has 1 aliphatic carbocycles. The lowest BCUT2D eigenvalue weighted by molar-refractivity contribution is -0.119. The number of morpholine rings is 1. The van der Waals surface area contributed by atoms with Gasteiger partial charge in [0.15, 0.2) is 5.16 Å². The van der Waals surface area contributed by atoms with Gasteiger partial charge in [-0.25, -0.2) is 4.98 Å². The number of aryl methyl sites for hydroxylation is 1. The van der Waals surface area contributed by atoms with E-state index in [1.54, 1.807) is 0 Å². The van der Waals surface area contributed by atoms with E-state index in [0.29, 0.717) is 5.75 Å². The second-order valence-electron chi connectivity index (χ2n) is 8.01. The van der Waals surface area contributed by atoms with Crippen LogP contribution in [0.15, 0.2) is 23.4 Å². The zero-order chi connectivity index (χ0) is 19.4. The number of ether oxygens (including phenoxy) is 1. The van der Waals surface area contributed by atoms with Crippen LogP contribution >= 0.6 is 11.8 Å². The number of nitrogens with zero attached hydrogens (tertiary/aromatic N) is 2. The molecule has 0 radical (unpaired) electrons. The Hall–Kier alpha value is -1.57. The molecule has 2 N–H and O–H groups in total. The lowest BCUT2D eigenvalue weighted by Crippen LogP contribution is -2.59. The Morgan fingerprint density at radius 3 is 2.86 bits per heavy atom. The molecule has 1 amide bonds. The molecule has 0 unspecified atom stereocenters. The fourth-order valence-electron chi connectivity index (χ4n) is 4.47. The number of aromatic nitrogens is 2. The number of fused-ring (bicyclic) bond motifs is 1. The van der Waals surface area contributed by atoms with Gasteiger partial charge in [0.25, 0.3) is 0 Å². The first kappa shape index (κ1) is 19.7. The third-order valence-corrected chi connectivity index (χ3v) is 6.91. The van der Waals surface area contributed by atoms with Crippen molar-refractivity contribution in [2.24, 2.45) is 0 Å². The molecule has 1 aliphatic heterocycles. The van der Waals surface area contributed by atoms with E-state index >= 15 is 0 Å². The average Bonchev–Trinajstić information content (AvgIpc) is 3.14. The molecular weight excluding hydrogens is 372 g/mol. The van der Waals surface area contributed by atoms with Gasteiger partial charge < -0.3 is 15.0 Å². The first-order valence-corrected chi connectivity index (χ1v) is 11.3. The van der Waals surface area contributed by atoms with Crippen molar-refractivity contribution in [1.29, 1.82) is 0 Å². The molecule has 1 aromatic heterocycles. The SMILES string of the molecule is Cc1ccc2nc(SCC(=O)NCC3(N4CCOCC4)CCCCC3)[nH]c2c1. The van der Waals surface area contributed by atoms with Gasteiger partial charge in [0.1, 0.15) is 0 Å². The molecule has 152 valence electrons. The maximum Gasteiger partial charge on any atom is 0.230 e. The molecule has 2 heterocycles. The van der Waals surface area contributed by atoms with E-state index in [-0.39, 0.29) is 11.4 Å². The molecular formula is C21H30N4O2S. The summed E-state index contributed by atoms with van der Waals surface area (Å²) >= 11 is 1.47. The zero-order valence-corrected chi connectivity index (χ0v) is 17.4. The maximum absolute atomic E-state index is 12.5. The summed E-state index contributed by atoms with van der Waals surface area (Å²) in [5, 5.41) is 4.02. The topological polar surface area (TPSA) is 70.2 Å². The van der Waals surface area contributed by atoms with Crippen molar-refractivity contribution in [3.8, 4) is 0 Å². The maximum atomic E-state index is 12.5. The van der Waals surface area contributed by atoms with E-state index in [1.807, 2.05) is 6.07 Å². The average molecular weight is 403 g/mol. The lowest BCUT2D eigenvalue weighted by atomic mass is 9.79. The van der Waals surface area contributed by atoms with Crippen LogP contribution in [0.4, 0.5) is 0 Å². The molecule has 0 atom stereocenters. The van der Waals surface area contributed by atoms with Gasteiger partial charge in [-0.05, 0) is 37.5 Å².